The van der Waals surface area contributed by atoms with Gasteiger partial charge in [-0.15, -0.1) is 24.0 Å². The van der Waals surface area contributed by atoms with E-state index in [1.807, 2.05) is 24.4 Å². The second-order valence-corrected chi connectivity index (χ2v) is 5.32. The Morgan fingerprint density at radius 1 is 1.36 bits per heavy atom. The molecule has 1 aromatic rings. The van der Waals surface area contributed by atoms with Gasteiger partial charge in [0.25, 0.3) is 0 Å². The summed E-state index contributed by atoms with van der Waals surface area (Å²) in [7, 11) is 0. The summed E-state index contributed by atoms with van der Waals surface area (Å²) in [6.45, 7) is 9.12. The topological polar surface area (TPSA) is 52.6 Å². The van der Waals surface area contributed by atoms with Gasteiger partial charge in [0.2, 0.25) is 0 Å². The largest absolute Gasteiger partial charge is 0.357 e. The van der Waals surface area contributed by atoms with Gasteiger partial charge in [-0.25, -0.2) is 4.99 Å². The first-order valence-corrected chi connectivity index (χ1v) is 7.99. The van der Waals surface area contributed by atoms with Crippen molar-refractivity contribution in [1.29, 1.82) is 0 Å². The summed E-state index contributed by atoms with van der Waals surface area (Å²) in [6.07, 6.45) is 4.39. The molecule has 1 aliphatic rings. The number of nitrogens with zero attached hydrogens (tertiary/aromatic N) is 3. The molecule has 2 rings (SSSR count). The van der Waals surface area contributed by atoms with Crippen LogP contribution in [0.2, 0.25) is 0 Å². The SMILES string of the molecule is CCNC(=NCc1ccccn1)NCC1CCCN1CC.I. The maximum absolute atomic E-state index is 4.61. The molecule has 1 fully saturated rings. The Balaban J connectivity index is 0.00000242. The number of guanidine groups is 1. The molecule has 1 aliphatic heterocycles. The summed E-state index contributed by atoms with van der Waals surface area (Å²) in [5.41, 5.74) is 0.991. The van der Waals surface area contributed by atoms with E-state index in [0.29, 0.717) is 12.6 Å². The fourth-order valence-electron chi connectivity index (χ4n) is 2.75. The van der Waals surface area contributed by atoms with Crippen molar-refractivity contribution in [2.24, 2.45) is 4.99 Å². The highest BCUT2D eigenvalue weighted by molar-refractivity contribution is 14.0. The van der Waals surface area contributed by atoms with Gasteiger partial charge in [0.15, 0.2) is 5.96 Å². The normalized spacial score (nSPS) is 18.8. The number of likely N-dealkylation sites (N-methyl/N-ethyl adjacent to an activating group) is 1. The van der Waals surface area contributed by atoms with Crippen LogP contribution >= 0.6 is 24.0 Å². The van der Waals surface area contributed by atoms with E-state index in [4.69, 9.17) is 0 Å². The molecular formula is C16H28IN5. The maximum Gasteiger partial charge on any atom is 0.191 e. The van der Waals surface area contributed by atoms with E-state index in [-0.39, 0.29) is 24.0 Å². The van der Waals surface area contributed by atoms with Crippen molar-refractivity contribution >= 4 is 29.9 Å². The van der Waals surface area contributed by atoms with Gasteiger partial charge in [-0.3, -0.25) is 9.88 Å². The standard InChI is InChI=1S/C16H27N5.HI/c1-3-17-16(19-12-14-8-5-6-10-18-14)20-13-15-9-7-11-21(15)4-2;/h5-6,8,10,15H,3-4,7,9,11-13H2,1-2H3,(H2,17,19,20);1H. The van der Waals surface area contributed by atoms with Gasteiger partial charge >= 0.3 is 0 Å². The molecule has 2 N–H and O–H groups in total. The third-order valence-corrected chi connectivity index (χ3v) is 3.88. The lowest BCUT2D eigenvalue weighted by atomic mass is 10.2. The highest BCUT2D eigenvalue weighted by Gasteiger charge is 2.22. The van der Waals surface area contributed by atoms with Crippen molar-refractivity contribution in [3.05, 3.63) is 30.1 Å². The van der Waals surface area contributed by atoms with Gasteiger partial charge in [-0.1, -0.05) is 13.0 Å². The number of likely N-dealkylation sites (tertiary alicyclic amines) is 1. The fourth-order valence-corrected chi connectivity index (χ4v) is 2.75. The first kappa shape index (κ1) is 19.2. The number of hydrogen-bond donors (Lipinski definition) is 2. The lowest BCUT2D eigenvalue weighted by Crippen LogP contribution is -2.44. The molecule has 0 spiro atoms. The van der Waals surface area contributed by atoms with Crippen molar-refractivity contribution in [3.63, 3.8) is 0 Å². The monoisotopic (exact) mass is 417 g/mol. The zero-order valence-corrected chi connectivity index (χ0v) is 15.9. The van der Waals surface area contributed by atoms with Crippen LogP contribution in [0.15, 0.2) is 29.4 Å². The molecule has 1 unspecified atom stereocenters. The van der Waals surface area contributed by atoms with Gasteiger partial charge in [-0.05, 0) is 45.0 Å². The number of pyridine rings is 1. The van der Waals surface area contributed by atoms with Gasteiger partial charge < -0.3 is 10.6 Å². The van der Waals surface area contributed by atoms with Crippen LogP contribution in [0.25, 0.3) is 0 Å². The Morgan fingerprint density at radius 3 is 2.91 bits per heavy atom. The molecule has 1 atom stereocenters. The zero-order valence-electron chi connectivity index (χ0n) is 13.6. The average molecular weight is 417 g/mol. The summed E-state index contributed by atoms with van der Waals surface area (Å²) in [4.78, 5) is 11.4. The third-order valence-electron chi connectivity index (χ3n) is 3.88. The van der Waals surface area contributed by atoms with Crippen molar-refractivity contribution in [2.75, 3.05) is 26.2 Å². The van der Waals surface area contributed by atoms with Crippen LogP contribution in [0.4, 0.5) is 0 Å². The quantitative estimate of drug-likeness (QED) is 0.424. The first-order valence-electron chi connectivity index (χ1n) is 7.99. The Kier molecular flexibility index (Phi) is 9.38. The van der Waals surface area contributed by atoms with E-state index in [1.54, 1.807) is 0 Å². The second-order valence-electron chi connectivity index (χ2n) is 5.32. The molecule has 1 aromatic heterocycles. The van der Waals surface area contributed by atoms with E-state index in [9.17, 15) is 0 Å². The van der Waals surface area contributed by atoms with E-state index < -0.39 is 0 Å². The summed E-state index contributed by atoms with van der Waals surface area (Å²) in [5, 5.41) is 6.77. The number of rotatable bonds is 6. The summed E-state index contributed by atoms with van der Waals surface area (Å²) >= 11 is 0. The molecule has 0 bridgehead atoms. The zero-order chi connectivity index (χ0) is 14.9. The number of nitrogens with one attached hydrogen (secondary N) is 2. The average Bonchev–Trinajstić information content (AvgIpc) is 2.98. The summed E-state index contributed by atoms with van der Waals surface area (Å²) in [5.74, 6) is 0.881. The van der Waals surface area contributed by atoms with E-state index in [2.05, 4.69) is 39.4 Å². The molecule has 5 nitrogen and oxygen atoms in total. The van der Waals surface area contributed by atoms with Crippen LogP contribution in [-0.2, 0) is 6.54 Å². The van der Waals surface area contributed by atoms with E-state index >= 15 is 0 Å². The number of aliphatic imine (C=N–C) groups is 1. The molecule has 22 heavy (non-hydrogen) atoms. The number of halogens is 1. The van der Waals surface area contributed by atoms with Gasteiger partial charge in [-0.2, -0.15) is 0 Å². The minimum atomic E-state index is 0. The molecule has 124 valence electrons. The lowest BCUT2D eigenvalue weighted by molar-refractivity contribution is 0.267. The fraction of sp³-hybridized carbons (Fsp3) is 0.625. The summed E-state index contributed by atoms with van der Waals surface area (Å²) < 4.78 is 0. The van der Waals surface area contributed by atoms with Crippen LogP contribution in [0.1, 0.15) is 32.4 Å². The maximum atomic E-state index is 4.61. The molecule has 0 radical (unpaired) electrons. The molecule has 0 amide bonds. The third kappa shape index (κ3) is 6.08. The Labute approximate surface area is 151 Å². The highest BCUT2D eigenvalue weighted by atomic mass is 127. The van der Waals surface area contributed by atoms with Crippen LogP contribution in [-0.4, -0.2) is 48.1 Å². The van der Waals surface area contributed by atoms with Crippen molar-refractivity contribution in [2.45, 2.75) is 39.3 Å². The molecule has 2 heterocycles. The van der Waals surface area contributed by atoms with Gasteiger partial charge in [0.05, 0.1) is 12.2 Å². The Morgan fingerprint density at radius 2 is 2.23 bits per heavy atom. The Bertz CT molecular complexity index is 437. The minimum absolute atomic E-state index is 0. The molecule has 0 saturated carbocycles. The van der Waals surface area contributed by atoms with Crippen molar-refractivity contribution < 1.29 is 0 Å². The highest BCUT2D eigenvalue weighted by Crippen LogP contribution is 2.15. The lowest BCUT2D eigenvalue weighted by Gasteiger charge is -2.23. The van der Waals surface area contributed by atoms with Crippen molar-refractivity contribution in [1.82, 2.24) is 20.5 Å². The first-order chi connectivity index (χ1) is 10.3. The number of hydrogen-bond acceptors (Lipinski definition) is 3. The van der Waals surface area contributed by atoms with Crippen LogP contribution < -0.4 is 10.6 Å². The molecular weight excluding hydrogens is 389 g/mol. The summed E-state index contributed by atoms with van der Waals surface area (Å²) in [6, 6.07) is 6.56. The van der Waals surface area contributed by atoms with Crippen LogP contribution in [0, 0.1) is 0 Å². The smallest absolute Gasteiger partial charge is 0.191 e. The Hall–Kier alpha value is -0.890. The van der Waals surface area contributed by atoms with Crippen LogP contribution in [0.3, 0.4) is 0 Å². The predicted octanol–water partition coefficient (Wildman–Crippen LogP) is 2.24. The van der Waals surface area contributed by atoms with Crippen LogP contribution in [0.5, 0.6) is 0 Å². The molecule has 6 heteroatoms. The second kappa shape index (κ2) is 10.8. The molecule has 0 aliphatic carbocycles. The predicted molar refractivity (Wildman–Crippen MR) is 103 cm³/mol. The van der Waals surface area contributed by atoms with Crippen molar-refractivity contribution in [3.8, 4) is 0 Å². The number of aromatic nitrogens is 1. The van der Waals surface area contributed by atoms with E-state index in [0.717, 1.165) is 31.3 Å². The minimum Gasteiger partial charge on any atom is -0.357 e. The van der Waals surface area contributed by atoms with E-state index in [1.165, 1.54) is 19.4 Å². The molecule has 1 saturated heterocycles. The molecule has 0 aromatic carbocycles. The van der Waals surface area contributed by atoms with Gasteiger partial charge in [0.1, 0.15) is 0 Å². The van der Waals surface area contributed by atoms with Gasteiger partial charge in [0, 0.05) is 25.3 Å².